The first-order chi connectivity index (χ1) is 12.6. The standard InChI is InChI=1S/C20H21ClN2O3/c1-3-25-17-11-9-16(10-12-17)23(14-6-13-22)20(24)15(2)26-19-8-5-4-7-18(19)21/h4-5,7-12,15H,3,6,14H2,1-2H3. The molecule has 1 amide bonds. The van der Waals surface area contributed by atoms with Crippen LogP contribution in [0, 0.1) is 11.3 Å². The molecule has 0 N–H and O–H groups in total. The highest BCUT2D eigenvalue weighted by atomic mass is 35.5. The van der Waals surface area contributed by atoms with Gasteiger partial charge in [0.1, 0.15) is 11.5 Å². The van der Waals surface area contributed by atoms with Crippen LogP contribution in [0.5, 0.6) is 11.5 Å². The molecule has 0 aliphatic carbocycles. The Morgan fingerprint density at radius 1 is 1.23 bits per heavy atom. The maximum absolute atomic E-state index is 12.9. The van der Waals surface area contributed by atoms with Crippen molar-refractivity contribution in [3.05, 3.63) is 53.6 Å². The number of ether oxygens (including phenoxy) is 2. The second-order valence-electron chi connectivity index (χ2n) is 5.52. The highest BCUT2D eigenvalue weighted by molar-refractivity contribution is 6.32. The van der Waals surface area contributed by atoms with Gasteiger partial charge >= 0.3 is 0 Å². The molecule has 0 fully saturated rings. The monoisotopic (exact) mass is 372 g/mol. The number of hydrogen-bond acceptors (Lipinski definition) is 4. The van der Waals surface area contributed by atoms with Crippen molar-refractivity contribution in [2.24, 2.45) is 0 Å². The van der Waals surface area contributed by atoms with Crippen molar-refractivity contribution in [3.63, 3.8) is 0 Å². The van der Waals surface area contributed by atoms with E-state index >= 15 is 0 Å². The number of halogens is 1. The lowest BCUT2D eigenvalue weighted by Gasteiger charge is -2.26. The zero-order valence-electron chi connectivity index (χ0n) is 14.8. The lowest BCUT2D eigenvalue weighted by molar-refractivity contribution is -0.124. The summed E-state index contributed by atoms with van der Waals surface area (Å²) in [6, 6.07) is 16.2. The van der Waals surface area contributed by atoms with Crippen LogP contribution in [0.4, 0.5) is 5.69 Å². The van der Waals surface area contributed by atoms with Gasteiger partial charge in [0, 0.05) is 12.2 Å². The predicted octanol–water partition coefficient (Wildman–Crippen LogP) is 4.45. The number of rotatable bonds is 8. The van der Waals surface area contributed by atoms with E-state index in [4.69, 9.17) is 26.3 Å². The second kappa shape index (κ2) is 9.69. The van der Waals surface area contributed by atoms with Gasteiger partial charge in [0.15, 0.2) is 6.10 Å². The number of para-hydroxylation sites is 1. The van der Waals surface area contributed by atoms with Gasteiger partial charge in [-0.25, -0.2) is 0 Å². The first kappa shape index (κ1) is 19.6. The number of carbonyl (C=O) groups excluding carboxylic acids is 1. The smallest absolute Gasteiger partial charge is 0.267 e. The minimum Gasteiger partial charge on any atom is -0.494 e. The minimum absolute atomic E-state index is 0.220. The molecule has 0 spiro atoms. The Kier molecular flexibility index (Phi) is 7.31. The molecule has 26 heavy (non-hydrogen) atoms. The largest absolute Gasteiger partial charge is 0.494 e. The van der Waals surface area contributed by atoms with Gasteiger partial charge in [0.25, 0.3) is 5.91 Å². The van der Waals surface area contributed by atoms with Gasteiger partial charge in [-0.15, -0.1) is 0 Å². The molecule has 1 unspecified atom stereocenters. The Labute approximate surface area is 158 Å². The van der Waals surface area contributed by atoms with Crippen LogP contribution in [-0.4, -0.2) is 25.2 Å². The molecule has 2 aromatic rings. The second-order valence-corrected chi connectivity index (χ2v) is 5.92. The molecule has 0 saturated heterocycles. The van der Waals surface area contributed by atoms with Gasteiger partial charge < -0.3 is 14.4 Å². The van der Waals surface area contributed by atoms with Gasteiger partial charge in [-0.3, -0.25) is 4.79 Å². The summed E-state index contributed by atoms with van der Waals surface area (Å²) in [5, 5.41) is 9.35. The van der Waals surface area contributed by atoms with E-state index in [1.54, 1.807) is 60.4 Å². The van der Waals surface area contributed by atoms with Crippen molar-refractivity contribution in [1.82, 2.24) is 0 Å². The number of benzene rings is 2. The number of amides is 1. The van der Waals surface area contributed by atoms with E-state index < -0.39 is 6.10 Å². The van der Waals surface area contributed by atoms with Crippen LogP contribution in [0.25, 0.3) is 0 Å². The van der Waals surface area contributed by atoms with Crippen molar-refractivity contribution >= 4 is 23.2 Å². The third kappa shape index (κ3) is 5.14. The molecule has 0 heterocycles. The molecule has 0 aromatic heterocycles. The van der Waals surface area contributed by atoms with Crippen LogP contribution >= 0.6 is 11.6 Å². The normalized spacial score (nSPS) is 11.3. The Bertz CT molecular complexity index is 771. The number of hydrogen-bond donors (Lipinski definition) is 0. The molecule has 1 atom stereocenters. The molecule has 0 aliphatic rings. The average molecular weight is 373 g/mol. The molecule has 0 bridgehead atoms. The third-order valence-electron chi connectivity index (χ3n) is 3.66. The van der Waals surface area contributed by atoms with Crippen molar-refractivity contribution in [3.8, 4) is 17.6 Å². The highest BCUT2D eigenvalue weighted by Crippen LogP contribution is 2.26. The summed E-state index contributed by atoms with van der Waals surface area (Å²) in [5.74, 6) is 0.926. The molecular formula is C20H21ClN2O3. The molecule has 0 aliphatic heterocycles. The van der Waals surface area contributed by atoms with E-state index in [1.807, 2.05) is 6.92 Å². The van der Waals surface area contributed by atoms with Crippen LogP contribution in [0.15, 0.2) is 48.5 Å². The van der Waals surface area contributed by atoms with Gasteiger partial charge in [0.05, 0.1) is 24.1 Å². The molecule has 0 saturated carbocycles. The summed E-state index contributed by atoms with van der Waals surface area (Å²) in [6.45, 7) is 4.42. The fraction of sp³-hybridized carbons (Fsp3) is 0.300. The van der Waals surface area contributed by atoms with E-state index in [1.165, 1.54) is 0 Å². The van der Waals surface area contributed by atoms with E-state index in [0.717, 1.165) is 5.75 Å². The van der Waals surface area contributed by atoms with Crippen molar-refractivity contribution in [2.75, 3.05) is 18.1 Å². The van der Waals surface area contributed by atoms with Crippen LogP contribution in [0.3, 0.4) is 0 Å². The Hall–Kier alpha value is -2.71. The van der Waals surface area contributed by atoms with Gasteiger partial charge in [-0.05, 0) is 50.2 Å². The van der Waals surface area contributed by atoms with Crippen LogP contribution < -0.4 is 14.4 Å². The van der Waals surface area contributed by atoms with Gasteiger partial charge in [-0.1, -0.05) is 23.7 Å². The fourth-order valence-electron chi connectivity index (χ4n) is 2.42. The Balaban J connectivity index is 2.17. The maximum Gasteiger partial charge on any atom is 0.267 e. The predicted molar refractivity (Wildman–Crippen MR) is 102 cm³/mol. The van der Waals surface area contributed by atoms with Gasteiger partial charge in [0.2, 0.25) is 0 Å². The summed E-state index contributed by atoms with van der Waals surface area (Å²) >= 11 is 6.09. The van der Waals surface area contributed by atoms with Crippen molar-refractivity contribution < 1.29 is 14.3 Å². The fourth-order valence-corrected chi connectivity index (χ4v) is 2.60. The summed E-state index contributed by atoms with van der Waals surface area (Å²) in [5.41, 5.74) is 0.684. The first-order valence-corrected chi connectivity index (χ1v) is 8.77. The lowest BCUT2D eigenvalue weighted by atomic mass is 10.2. The number of nitrogens with zero attached hydrogens (tertiary/aromatic N) is 2. The van der Waals surface area contributed by atoms with Crippen molar-refractivity contribution in [2.45, 2.75) is 26.4 Å². The SMILES string of the molecule is CCOc1ccc(N(CCC#N)C(=O)C(C)Oc2ccccc2Cl)cc1. The minimum atomic E-state index is -0.750. The van der Waals surface area contributed by atoms with E-state index in [9.17, 15) is 4.79 Å². The zero-order chi connectivity index (χ0) is 18.9. The molecule has 5 nitrogen and oxygen atoms in total. The van der Waals surface area contributed by atoms with Crippen LogP contribution in [0.2, 0.25) is 5.02 Å². The number of carbonyl (C=O) groups is 1. The first-order valence-electron chi connectivity index (χ1n) is 8.39. The van der Waals surface area contributed by atoms with E-state index in [0.29, 0.717) is 23.1 Å². The van der Waals surface area contributed by atoms with Gasteiger partial charge in [-0.2, -0.15) is 5.26 Å². The molecule has 6 heteroatoms. The molecule has 2 rings (SSSR count). The lowest BCUT2D eigenvalue weighted by Crippen LogP contribution is -2.41. The molecular weight excluding hydrogens is 352 g/mol. The number of anilines is 1. The summed E-state index contributed by atoms with van der Waals surface area (Å²) in [4.78, 5) is 14.4. The Morgan fingerprint density at radius 2 is 1.92 bits per heavy atom. The van der Waals surface area contributed by atoms with E-state index in [2.05, 4.69) is 6.07 Å². The molecule has 136 valence electrons. The van der Waals surface area contributed by atoms with Crippen molar-refractivity contribution in [1.29, 1.82) is 5.26 Å². The molecule has 0 radical (unpaired) electrons. The summed E-state index contributed by atoms with van der Waals surface area (Å²) in [7, 11) is 0. The molecule has 2 aromatic carbocycles. The zero-order valence-corrected chi connectivity index (χ0v) is 15.6. The third-order valence-corrected chi connectivity index (χ3v) is 3.97. The maximum atomic E-state index is 12.9. The van der Waals surface area contributed by atoms with E-state index in [-0.39, 0.29) is 18.9 Å². The highest BCUT2D eigenvalue weighted by Gasteiger charge is 2.24. The number of nitriles is 1. The van der Waals surface area contributed by atoms with Crippen LogP contribution in [-0.2, 0) is 4.79 Å². The topological polar surface area (TPSA) is 62.6 Å². The Morgan fingerprint density at radius 3 is 2.54 bits per heavy atom. The summed E-state index contributed by atoms with van der Waals surface area (Å²) < 4.78 is 11.1. The summed E-state index contributed by atoms with van der Waals surface area (Å²) in [6.07, 6.45) is -0.530. The quantitative estimate of drug-likeness (QED) is 0.686. The average Bonchev–Trinajstić information content (AvgIpc) is 2.65. The van der Waals surface area contributed by atoms with Crippen LogP contribution in [0.1, 0.15) is 20.3 Å².